The van der Waals surface area contributed by atoms with Gasteiger partial charge in [-0.15, -0.1) is 47.5 Å². The molecule has 10 heteroatoms. The van der Waals surface area contributed by atoms with Crippen molar-refractivity contribution in [3.63, 3.8) is 0 Å². The second-order valence-electron chi connectivity index (χ2n) is 37.9. The van der Waals surface area contributed by atoms with Crippen molar-refractivity contribution >= 4 is 22.1 Å². The zero-order chi connectivity index (χ0) is 112. The van der Waals surface area contributed by atoms with Crippen molar-refractivity contribution in [1.29, 1.82) is 0 Å². The van der Waals surface area contributed by atoms with Crippen LogP contribution in [0.2, 0.25) is 0 Å². The summed E-state index contributed by atoms with van der Waals surface area (Å²) in [5.41, 5.74) is 22.8. The molecule has 0 saturated heterocycles. The Labute approximate surface area is 869 Å². The van der Waals surface area contributed by atoms with E-state index in [1.807, 2.05) is 259 Å². The molecule has 0 aliphatic carbocycles. The van der Waals surface area contributed by atoms with Crippen LogP contribution in [-0.2, 0) is 47.5 Å². The van der Waals surface area contributed by atoms with Gasteiger partial charge in [-0.1, -0.05) is 377 Å². The molecule has 18 aromatic rings. The summed E-state index contributed by atoms with van der Waals surface area (Å²) in [6.45, 7) is 14.7. The van der Waals surface area contributed by atoms with Crippen molar-refractivity contribution in [3.05, 3.63) is 382 Å². The van der Waals surface area contributed by atoms with Crippen molar-refractivity contribution in [3.8, 4) is 157 Å². The van der Waals surface area contributed by atoms with Gasteiger partial charge in [-0.3, -0.25) is 19.1 Å². The van der Waals surface area contributed by atoms with E-state index in [4.69, 9.17) is 47.4 Å². The molecule has 0 spiro atoms. The Morgan fingerprint density at radius 1 is 0.307 bits per heavy atom. The minimum absolute atomic E-state index is 0. The molecule has 0 radical (unpaired) electrons. The number of phenols is 2. The first-order valence-electron chi connectivity index (χ1n) is 56.5. The molecule has 137 heavy (non-hydrogen) atoms. The van der Waals surface area contributed by atoms with Crippen LogP contribution in [0.5, 0.6) is 11.5 Å². The van der Waals surface area contributed by atoms with Gasteiger partial charge in [-0.2, -0.15) is 0 Å². The van der Waals surface area contributed by atoms with E-state index < -0.39 is 58.3 Å². The molecule has 0 unspecified atom stereocenters. The molecule has 8 nitrogen and oxygen atoms in total. The van der Waals surface area contributed by atoms with Crippen LogP contribution in [0, 0.1) is 32.7 Å². The number of aryl methyl sites for hydroxylation is 3. The molecule has 2 N–H and O–H groups in total. The smallest absolute Gasteiger partial charge is 0.148 e. The Balaban J connectivity index is 0.000000231. The number of aromatic nitrogens is 6. The van der Waals surface area contributed by atoms with Crippen LogP contribution in [-0.4, -0.2) is 39.3 Å². The van der Waals surface area contributed by atoms with Gasteiger partial charge in [-0.05, 0) is 251 Å². The number of hydrogen-bond acceptors (Lipinski definition) is 6. The van der Waals surface area contributed by atoms with Gasteiger partial charge in [0.05, 0.1) is 44.6 Å². The summed E-state index contributed by atoms with van der Waals surface area (Å²) in [5.74, 6) is -0.572. The molecule has 0 saturated carbocycles. The summed E-state index contributed by atoms with van der Waals surface area (Å²) >= 11 is 0. The SMILES string of the molecule is [2H]C([2H])([2H])c1cc(-c2cc(C(C)C)cc(C([2H])(C)C)c2)ccc1-n1c(-c2cc(C(C)C)cc(C(C)C)c2O)nc2c(-c3[c-]c(-c4cc(-c5ccc(C(C([2H])([2H])[2H])(C([2H])([2H])[2H])C([2H])([2H])[2H])cc5)ccn4)cc(-c4ccccc4)c3)cccc21.[2H]C([2H])([2H])c1ccc(-c2ccnc(-c3[c-]c(-c4cccc5c4nc(-c4cc(C(C)C)cc(C(C)C)c4O)n5-c4ccc(-c5cc(C(C)C)cc(C([2H])(C)C)c5)cc4C([2H])([2H])[2H])cc(-c4ccccc4)c3)c2)cc1.[Pt].[Pt]. The second-order valence-corrected chi connectivity index (χ2v) is 37.9. The quantitative estimate of drug-likeness (QED) is 0.0656. The van der Waals surface area contributed by atoms with Crippen LogP contribution in [0.25, 0.3) is 168 Å². The van der Waals surface area contributed by atoms with Gasteiger partial charge in [-0.25, -0.2) is 9.97 Å². The number of aromatic hydroxyl groups is 2. The van der Waals surface area contributed by atoms with E-state index in [2.05, 4.69) is 110 Å². The maximum absolute atomic E-state index is 12.4. The molecule has 14 aromatic carbocycles. The van der Waals surface area contributed by atoms with E-state index in [9.17, 15) is 10.2 Å². The van der Waals surface area contributed by atoms with Crippen molar-refractivity contribution in [1.82, 2.24) is 29.1 Å². The molecule has 0 bridgehead atoms. The topological polar surface area (TPSA) is 102 Å². The predicted molar refractivity (Wildman–Crippen MR) is 570 cm³/mol. The first-order valence-corrected chi connectivity index (χ1v) is 46.5. The summed E-state index contributed by atoms with van der Waals surface area (Å²) in [7, 11) is 0. The van der Waals surface area contributed by atoms with Crippen LogP contribution in [0.1, 0.15) is 273 Å². The zero-order valence-corrected chi connectivity index (χ0v) is 84.6. The van der Waals surface area contributed by atoms with E-state index in [0.717, 1.165) is 106 Å². The minimum Gasteiger partial charge on any atom is -0.507 e. The Bertz CT molecular complexity index is 8300. The molecule has 4 aromatic heterocycles. The number of para-hydroxylation sites is 2. The molecule has 698 valence electrons. The largest absolute Gasteiger partial charge is 0.507 e. The zero-order valence-electron chi connectivity index (χ0n) is 100. The van der Waals surface area contributed by atoms with Crippen molar-refractivity contribution in [2.75, 3.05) is 0 Å². The summed E-state index contributed by atoms with van der Waals surface area (Å²) < 4.78 is 174. The second kappa shape index (κ2) is 41.3. The minimum atomic E-state index is -3.41. The number of hydrogen-bond donors (Lipinski definition) is 2. The number of rotatable bonds is 22. The van der Waals surface area contributed by atoms with E-state index >= 15 is 0 Å². The monoisotopic (exact) mass is 2180 g/mol. The average molecular weight is 2180 g/mol. The van der Waals surface area contributed by atoms with Crippen LogP contribution >= 0.6 is 0 Å². The first-order chi connectivity index (χ1) is 72.7. The number of nitrogens with zero attached hydrogens (tertiary/aromatic N) is 6. The standard InChI is InChI=1S/C65H66N3O.C62H60N3O.2Pt/c1-39(2)48-30-49(40(3)4)32-52(31-48)46-23-26-60(43(9)29-46)68-61-20-16-19-56(62(61)67-64(68)58-37-50(41(5)6)36-57(42(7)8)63(58)69)53-33-51(44-17-14-13-15-18-44)34-54(35-53)59-38-47(27-28-66-59)45-21-24-55(25-22-45)65(10,11)12;1-37(2)47-28-48(38(3)4)30-51(29-47)45-23-24-58(42(10)27-45)65-59-18-14-17-54(60(59)64-62(65)56-35-49(39(5)6)34-55(40(7)8)61(56)66)52-31-50(43-15-12-11-13-16-43)32-53(33-52)57-36-46(25-26-63-57)44-21-19-41(9)20-22-44;;/h13-34,36-42,69H,1-12H3;11-32,34-40,66H,1-10H3;;/q2*-1;;/i9D3,10D3,11D3,12D3,39D;9D3,10D3,37D;;. The molecule has 0 aliphatic rings. The van der Waals surface area contributed by atoms with E-state index in [0.29, 0.717) is 107 Å². The van der Waals surface area contributed by atoms with Gasteiger partial charge in [0.1, 0.15) is 23.1 Å². The normalized spacial score (nSPS) is 14.6. The van der Waals surface area contributed by atoms with Crippen LogP contribution in [0.15, 0.2) is 304 Å². The number of pyridine rings is 2. The Hall–Kier alpha value is -12.7. The summed E-state index contributed by atoms with van der Waals surface area (Å²) in [4.78, 5) is 20.6. The van der Waals surface area contributed by atoms with Gasteiger partial charge in [0.25, 0.3) is 0 Å². The predicted octanol–water partition coefficient (Wildman–Crippen LogP) is 35.1. The van der Waals surface area contributed by atoms with Crippen molar-refractivity contribution < 1.29 is 79.8 Å². The summed E-state index contributed by atoms with van der Waals surface area (Å²) in [6, 6.07) is 98.0. The molecule has 0 atom stereocenters. The van der Waals surface area contributed by atoms with Gasteiger partial charge >= 0.3 is 0 Å². The average Bonchev–Trinajstić information content (AvgIpc) is 1.71. The Morgan fingerprint density at radius 2 is 0.664 bits per heavy atom. The Kier molecular flexibility index (Phi) is 22.7. The fraction of sp³-hybridized carbons (Fsp3) is 0.244. The van der Waals surface area contributed by atoms with Gasteiger partial charge in [0, 0.05) is 93.3 Å². The van der Waals surface area contributed by atoms with Gasteiger partial charge < -0.3 is 10.2 Å². The molecule has 0 aliphatic heterocycles. The van der Waals surface area contributed by atoms with Crippen LogP contribution in [0.3, 0.4) is 0 Å². The maximum Gasteiger partial charge on any atom is 0.148 e. The number of phenolic OH excluding ortho intramolecular Hbond substituents is 2. The van der Waals surface area contributed by atoms with Crippen LogP contribution < -0.4 is 0 Å². The third kappa shape index (κ3) is 20.8. The molecular formula is C127H126N6O2Pt2-2. The Morgan fingerprint density at radius 3 is 1.04 bits per heavy atom. The molecular weight excluding hydrogens is 2030 g/mol. The van der Waals surface area contributed by atoms with E-state index in [1.165, 1.54) is 24.3 Å². The molecule has 0 fully saturated rings. The first kappa shape index (κ1) is 75.4. The summed E-state index contributed by atoms with van der Waals surface area (Å²) in [5, 5.41) is 24.7. The third-order valence-corrected chi connectivity index (χ3v) is 25.8. The summed E-state index contributed by atoms with van der Waals surface area (Å²) in [6.07, 6.45) is 3.35. The number of benzene rings is 14. The number of fused-ring (bicyclic) bond motifs is 2. The molecule has 0 amide bonds. The third-order valence-electron chi connectivity index (χ3n) is 25.8. The van der Waals surface area contributed by atoms with Gasteiger partial charge in [0.2, 0.25) is 0 Å². The number of imidazole rings is 2. The fourth-order valence-corrected chi connectivity index (χ4v) is 17.8. The molecule has 4 heterocycles. The van der Waals surface area contributed by atoms with Crippen molar-refractivity contribution in [2.45, 2.75) is 205 Å². The van der Waals surface area contributed by atoms with Crippen LogP contribution in [0.4, 0.5) is 0 Å². The maximum atomic E-state index is 12.4. The van der Waals surface area contributed by atoms with E-state index in [1.54, 1.807) is 42.7 Å². The fourth-order valence-electron chi connectivity index (χ4n) is 17.8. The van der Waals surface area contributed by atoms with E-state index in [-0.39, 0.29) is 111 Å². The van der Waals surface area contributed by atoms with Gasteiger partial charge in [0.15, 0.2) is 0 Å². The molecule has 18 rings (SSSR count). The van der Waals surface area contributed by atoms with Crippen molar-refractivity contribution in [2.24, 2.45) is 0 Å².